The van der Waals surface area contributed by atoms with Crippen LogP contribution in [-0.4, -0.2) is 25.5 Å². The van der Waals surface area contributed by atoms with E-state index in [1.807, 2.05) is 0 Å². The van der Waals surface area contributed by atoms with E-state index in [1.165, 1.54) is 13.2 Å². The minimum absolute atomic E-state index is 0.124. The number of nitrogens with one attached hydrogen (secondary N) is 1. The van der Waals surface area contributed by atoms with Crippen molar-refractivity contribution < 1.29 is 31.1 Å². The fourth-order valence-electron chi connectivity index (χ4n) is 3.23. The quantitative estimate of drug-likeness (QED) is 0.232. The average Bonchev–Trinajstić information content (AvgIpc) is 2.89. The van der Waals surface area contributed by atoms with Crippen molar-refractivity contribution in [1.29, 1.82) is 0 Å². The van der Waals surface area contributed by atoms with E-state index in [0.29, 0.717) is 11.3 Å². The maximum Gasteiger partial charge on any atom is 0.416 e. The average molecular weight is 562 g/mol. The first-order valence-electron chi connectivity index (χ1n) is 10.9. The standard InChI is InChI=1S/C26H19ClF3N3O4S/c1-36-20-9-5-6-10-21(20)37-22-23(27)31-24(18-11-13-19(14-12-18)26(28,29)30)32-25(22)33-38(34,35)16-15-17-7-3-2-4-8-17/h2-16H,1H3,(H,31,32,33)/b16-15+. The number of aromatic nitrogens is 2. The summed E-state index contributed by atoms with van der Waals surface area (Å²) < 4.78 is 78.2. The summed E-state index contributed by atoms with van der Waals surface area (Å²) in [4.78, 5) is 8.35. The zero-order valence-electron chi connectivity index (χ0n) is 19.6. The van der Waals surface area contributed by atoms with Gasteiger partial charge in [0.05, 0.1) is 18.1 Å². The van der Waals surface area contributed by atoms with E-state index in [-0.39, 0.29) is 33.9 Å². The maximum atomic E-state index is 13.0. The molecule has 1 N–H and O–H groups in total. The molecule has 0 aliphatic rings. The smallest absolute Gasteiger partial charge is 0.416 e. The maximum absolute atomic E-state index is 13.0. The molecule has 0 saturated heterocycles. The lowest BCUT2D eigenvalue weighted by atomic mass is 10.1. The van der Waals surface area contributed by atoms with Gasteiger partial charge in [-0.25, -0.2) is 18.4 Å². The van der Waals surface area contributed by atoms with Crippen molar-refractivity contribution >= 4 is 33.5 Å². The number of hydrogen-bond donors (Lipinski definition) is 1. The largest absolute Gasteiger partial charge is 0.493 e. The Bertz CT molecular complexity index is 1560. The van der Waals surface area contributed by atoms with Crippen molar-refractivity contribution in [3.63, 3.8) is 0 Å². The van der Waals surface area contributed by atoms with Gasteiger partial charge < -0.3 is 9.47 Å². The normalized spacial score (nSPS) is 11.9. The summed E-state index contributed by atoms with van der Waals surface area (Å²) >= 11 is 6.39. The van der Waals surface area contributed by atoms with Crippen molar-refractivity contribution in [3.8, 4) is 28.6 Å². The number of sulfonamides is 1. The number of alkyl halides is 3. The van der Waals surface area contributed by atoms with Gasteiger partial charge in [-0.15, -0.1) is 0 Å². The van der Waals surface area contributed by atoms with Crippen molar-refractivity contribution in [1.82, 2.24) is 9.97 Å². The van der Waals surface area contributed by atoms with Crippen LogP contribution in [0.15, 0.2) is 84.3 Å². The summed E-state index contributed by atoms with van der Waals surface area (Å²) in [5, 5.41) is 0.647. The van der Waals surface area contributed by atoms with E-state index in [0.717, 1.165) is 29.7 Å². The lowest BCUT2D eigenvalue weighted by Gasteiger charge is -2.15. The SMILES string of the molecule is COc1ccccc1Oc1c(Cl)nc(-c2ccc(C(F)(F)F)cc2)nc1NS(=O)(=O)/C=C/c1ccccc1. The Labute approximate surface area is 221 Å². The molecule has 0 unspecified atom stereocenters. The van der Waals surface area contributed by atoms with E-state index >= 15 is 0 Å². The second-order valence-corrected chi connectivity index (χ2v) is 9.63. The number of anilines is 1. The van der Waals surface area contributed by atoms with Crippen LogP contribution in [0.4, 0.5) is 19.0 Å². The van der Waals surface area contributed by atoms with Crippen LogP contribution >= 0.6 is 11.6 Å². The highest BCUT2D eigenvalue weighted by Crippen LogP contribution is 2.40. The van der Waals surface area contributed by atoms with Crippen LogP contribution in [0.25, 0.3) is 17.5 Å². The van der Waals surface area contributed by atoms with E-state index in [2.05, 4.69) is 14.7 Å². The van der Waals surface area contributed by atoms with Crippen molar-refractivity contribution in [3.05, 3.63) is 101 Å². The summed E-state index contributed by atoms with van der Waals surface area (Å²) in [5.41, 5.74) is -0.0611. The molecule has 0 bridgehead atoms. The number of methoxy groups -OCH3 is 1. The highest BCUT2D eigenvalue weighted by atomic mass is 35.5. The third-order valence-corrected chi connectivity index (χ3v) is 6.28. The highest BCUT2D eigenvalue weighted by molar-refractivity contribution is 7.95. The molecule has 7 nitrogen and oxygen atoms in total. The summed E-state index contributed by atoms with van der Waals surface area (Å²) in [6.07, 6.45) is -3.15. The molecule has 0 amide bonds. The van der Waals surface area contributed by atoms with Gasteiger partial charge in [0.1, 0.15) is 0 Å². The molecule has 4 aromatic rings. The van der Waals surface area contributed by atoms with E-state index in [9.17, 15) is 21.6 Å². The van der Waals surface area contributed by atoms with Gasteiger partial charge in [-0.1, -0.05) is 66.2 Å². The van der Waals surface area contributed by atoms with Crippen molar-refractivity contribution in [2.75, 3.05) is 11.8 Å². The molecule has 0 aliphatic carbocycles. The molecular weight excluding hydrogens is 543 g/mol. The van der Waals surface area contributed by atoms with Crippen LogP contribution in [0.3, 0.4) is 0 Å². The predicted octanol–water partition coefficient (Wildman–Crippen LogP) is 7.03. The van der Waals surface area contributed by atoms with Gasteiger partial charge in [0.15, 0.2) is 28.3 Å². The molecule has 0 aliphatic heterocycles. The number of rotatable bonds is 8. The number of halogens is 4. The van der Waals surface area contributed by atoms with E-state index < -0.39 is 21.8 Å². The Balaban J connectivity index is 1.76. The van der Waals surface area contributed by atoms with Gasteiger partial charge in [0.25, 0.3) is 10.0 Å². The third-order valence-electron chi connectivity index (χ3n) is 5.05. The Morgan fingerprint density at radius 1 is 0.895 bits per heavy atom. The molecule has 0 atom stereocenters. The minimum atomic E-state index is -4.53. The summed E-state index contributed by atoms with van der Waals surface area (Å²) in [6.45, 7) is 0. The second-order valence-electron chi connectivity index (χ2n) is 7.70. The molecule has 1 aromatic heterocycles. The molecule has 0 radical (unpaired) electrons. The van der Waals surface area contributed by atoms with Crippen molar-refractivity contribution in [2.24, 2.45) is 0 Å². The fourth-order valence-corrected chi connectivity index (χ4v) is 4.25. The van der Waals surface area contributed by atoms with Crippen LogP contribution in [0, 0.1) is 0 Å². The van der Waals surface area contributed by atoms with E-state index in [1.54, 1.807) is 54.6 Å². The van der Waals surface area contributed by atoms with Gasteiger partial charge >= 0.3 is 6.18 Å². The van der Waals surface area contributed by atoms with Gasteiger partial charge in [-0.2, -0.15) is 13.2 Å². The number of benzene rings is 3. The first kappa shape index (κ1) is 27.0. The molecule has 12 heteroatoms. The van der Waals surface area contributed by atoms with Crippen molar-refractivity contribution in [2.45, 2.75) is 6.18 Å². The van der Waals surface area contributed by atoms with Crippen LogP contribution in [0.1, 0.15) is 11.1 Å². The number of ether oxygens (including phenoxy) is 2. The van der Waals surface area contributed by atoms with Gasteiger partial charge in [-0.05, 0) is 35.9 Å². The summed E-state index contributed by atoms with van der Waals surface area (Å²) in [7, 11) is -2.72. The van der Waals surface area contributed by atoms with Gasteiger partial charge in [-0.3, -0.25) is 4.72 Å². The zero-order valence-corrected chi connectivity index (χ0v) is 21.2. The number of hydrogen-bond acceptors (Lipinski definition) is 6. The Kier molecular flexibility index (Phi) is 7.88. The topological polar surface area (TPSA) is 90.4 Å². The molecule has 38 heavy (non-hydrogen) atoms. The molecule has 4 rings (SSSR count). The molecule has 196 valence electrons. The number of para-hydroxylation sites is 2. The lowest BCUT2D eigenvalue weighted by molar-refractivity contribution is -0.137. The van der Waals surface area contributed by atoms with Crippen LogP contribution in [0.2, 0.25) is 5.15 Å². The van der Waals surface area contributed by atoms with Crippen LogP contribution < -0.4 is 14.2 Å². The van der Waals surface area contributed by atoms with Gasteiger partial charge in [0, 0.05) is 5.56 Å². The predicted molar refractivity (Wildman–Crippen MR) is 139 cm³/mol. The molecular formula is C26H19ClF3N3O4S. The molecule has 1 heterocycles. The Morgan fingerprint density at radius 2 is 1.53 bits per heavy atom. The Morgan fingerprint density at radius 3 is 2.16 bits per heavy atom. The highest BCUT2D eigenvalue weighted by Gasteiger charge is 2.30. The summed E-state index contributed by atoms with van der Waals surface area (Å²) in [6, 6.07) is 19.3. The molecule has 0 spiro atoms. The summed E-state index contributed by atoms with van der Waals surface area (Å²) in [5.74, 6) is -0.163. The fraction of sp³-hybridized carbons (Fsp3) is 0.0769. The molecule has 0 saturated carbocycles. The second kappa shape index (κ2) is 11.1. The lowest BCUT2D eigenvalue weighted by Crippen LogP contribution is -2.12. The number of nitrogens with zero attached hydrogens (tertiary/aromatic N) is 2. The molecule has 0 fully saturated rings. The first-order chi connectivity index (χ1) is 18.1. The van der Waals surface area contributed by atoms with Gasteiger partial charge in [0.2, 0.25) is 5.75 Å². The minimum Gasteiger partial charge on any atom is -0.493 e. The van der Waals surface area contributed by atoms with E-state index in [4.69, 9.17) is 21.1 Å². The third kappa shape index (κ3) is 6.61. The zero-order chi connectivity index (χ0) is 27.3. The monoisotopic (exact) mass is 561 g/mol. The Hall–Kier alpha value is -4.09. The molecule has 3 aromatic carbocycles. The first-order valence-corrected chi connectivity index (χ1v) is 12.8. The van der Waals surface area contributed by atoms with Crippen LogP contribution in [0.5, 0.6) is 17.2 Å². The van der Waals surface area contributed by atoms with Crippen LogP contribution in [-0.2, 0) is 16.2 Å².